The number of hydrogen-bond donors (Lipinski definition) is 1. The average molecular weight is 467 g/mol. The van der Waals surface area contributed by atoms with Gasteiger partial charge in [-0.15, -0.1) is 0 Å². The van der Waals surface area contributed by atoms with Gasteiger partial charge in [-0.1, -0.05) is 44.3 Å². The molecule has 5 heteroatoms. The van der Waals surface area contributed by atoms with Crippen LogP contribution in [0.25, 0.3) is 0 Å². The summed E-state index contributed by atoms with van der Waals surface area (Å²) in [5.41, 5.74) is 0. The second-order valence-corrected chi connectivity index (χ2v) is 10.0. The van der Waals surface area contributed by atoms with E-state index in [2.05, 4.69) is 64.4 Å². The van der Waals surface area contributed by atoms with E-state index in [9.17, 15) is 4.79 Å². The maximum Gasteiger partial charge on any atom is 0.243 e. The van der Waals surface area contributed by atoms with Crippen LogP contribution in [0.2, 0.25) is 0 Å². The van der Waals surface area contributed by atoms with Crippen molar-refractivity contribution in [3.63, 3.8) is 0 Å². The second kappa shape index (κ2) is 15.2. The van der Waals surface area contributed by atoms with Crippen LogP contribution in [0.5, 0.6) is 0 Å². The number of nitrogens with zero attached hydrogens (tertiary/aromatic N) is 1. The van der Waals surface area contributed by atoms with Crippen LogP contribution in [-0.2, 0) is 4.79 Å². The molecular weight excluding hydrogens is 432 g/mol. The normalized spacial score (nSPS) is 11.7. The van der Waals surface area contributed by atoms with Gasteiger partial charge in [-0.25, -0.2) is 0 Å². The lowest BCUT2D eigenvalue weighted by molar-refractivity contribution is -0.869. The van der Waals surface area contributed by atoms with Crippen LogP contribution in [0.15, 0.2) is 21.6 Å². The topological polar surface area (TPSA) is 29.1 Å². The van der Waals surface area contributed by atoms with Gasteiger partial charge in [0, 0.05) is 0 Å². The Balaban J connectivity index is 3.37. The monoisotopic (exact) mass is 465 g/mol. The van der Waals surface area contributed by atoms with Crippen molar-refractivity contribution in [3.05, 3.63) is 21.6 Å². The minimum Gasteiger partial charge on any atom is -0.347 e. The van der Waals surface area contributed by atoms with E-state index in [1.165, 1.54) is 44.9 Å². The van der Waals surface area contributed by atoms with Gasteiger partial charge in [0.15, 0.2) is 0 Å². The molecule has 1 N–H and O–H groups in total. The Bertz CT molecular complexity index is 383. The molecule has 0 saturated carbocycles. The predicted octanol–water partition coefficient (Wildman–Crippen LogP) is 5.51. The third kappa shape index (κ3) is 19.9. The number of halogens is 2. The predicted molar refractivity (Wildman–Crippen MR) is 113 cm³/mol. The minimum atomic E-state index is 0.0348. The van der Waals surface area contributed by atoms with Crippen molar-refractivity contribution >= 4 is 37.8 Å². The van der Waals surface area contributed by atoms with Crippen molar-refractivity contribution in [1.82, 2.24) is 5.32 Å². The number of nitrogens with one attached hydrogen (secondary N) is 1. The number of amides is 1. The van der Waals surface area contributed by atoms with Crippen LogP contribution < -0.4 is 5.32 Å². The number of rotatable bonds is 14. The molecule has 0 bridgehead atoms. The molecule has 0 aliphatic carbocycles. The quantitative estimate of drug-likeness (QED) is 0.204. The van der Waals surface area contributed by atoms with Gasteiger partial charge in [0.25, 0.3) is 0 Å². The summed E-state index contributed by atoms with van der Waals surface area (Å²) in [4.78, 5) is 11.6. The number of unbranched alkanes of at least 4 members (excludes halogenated alkanes) is 8. The third-order valence-corrected chi connectivity index (χ3v) is 4.37. The molecule has 24 heavy (non-hydrogen) atoms. The number of carbonyl (C=O) groups excluding carboxylic acids is 1. The summed E-state index contributed by atoms with van der Waals surface area (Å²) in [5, 5.41) is 2.93. The molecule has 0 aromatic carbocycles. The van der Waals surface area contributed by atoms with Gasteiger partial charge in [-0.05, 0) is 63.6 Å². The van der Waals surface area contributed by atoms with Crippen LogP contribution in [0, 0.1) is 0 Å². The second-order valence-electron chi connectivity index (χ2n) is 7.25. The molecule has 0 aromatic heterocycles. The number of hydrogen-bond acceptors (Lipinski definition) is 1. The first kappa shape index (κ1) is 23.9. The summed E-state index contributed by atoms with van der Waals surface area (Å²) >= 11 is 6.75. The zero-order valence-corrected chi connectivity index (χ0v) is 18.8. The maximum atomic E-state index is 11.6. The van der Waals surface area contributed by atoms with Crippen molar-refractivity contribution < 1.29 is 9.28 Å². The molecule has 140 valence electrons. The van der Waals surface area contributed by atoms with Gasteiger partial charge in [-0.2, -0.15) is 0 Å². The third-order valence-electron chi connectivity index (χ3n) is 3.72. The fourth-order valence-corrected chi connectivity index (χ4v) is 2.72. The Morgan fingerprint density at radius 2 is 1.46 bits per heavy atom. The molecule has 0 aliphatic rings. The molecule has 0 spiro atoms. The largest absolute Gasteiger partial charge is 0.347 e. The summed E-state index contributed by atoms with van der Waals surface area (Å²) in [7, 11) is 6.38. The standard InChI is InChI=1S/C19H34Br2N2O/c1-23(2,3)17-16-22-19(24)15-13-11-9-7-5-4-6-8-10-12-14-18(20)21/h13-15H,4-12,16-17H2,1-3H3/p+1/b15-13+. The highest BCUT2D eigenvalue weighted by Crippen LogP contribution is 2.16. The number of likely N-dealkylation sites (N-methyl/N-ethyl adjacent to an activating group) is 1. The van der Waals surface area contributed by atoms with Crippen LogP contribution in [0.3, 0.4) is 0 Å². The van der Waals surface area contributed by atoms with Gasteiger partial charge >= 0.3 is 0 Å². The van der Waals surface area contributed by atoms with E-state index in [-0.39, 0.29) is 5.91 Å². The summed E-state index contributed by atoms with van der Waals surface area (Å²) in [6.07, 6.45) is 17.0. The maximum absolute atomic E-state index is 11.6. The summed E-state index contributed by atoms with van der Waals surface area (Å²) in [5.74, 6) is 0.0348. The summed E-state index contributed by atoms with van der Waals surface area (Å²) < 4.78 is 1.93. The average Bonchev–Trinajstić information content (AvgIpc) is 2.46. The smallest absolute Gasteiger partial charge is 0.243 e. The highest BCUT2D eigenvalue weighted by atomic mass is 79.9. The van der Waals surface area contributed by atoms with E-state index in [1.807, 2.05) is 6.08 Å². The number of carbonyl (C=O) groups is 1. The van der Waals surface area contributed by atoms with E-state index >= 15 is 0 Å². The van der Waals surface area contributed by atoms with Gasteiger partial charge in [-0.3, -0.25) is 4.79 Å². The number of quaternary nitrogens is 1. The van der Waals surface area contributed by atoms with Crippen molar-refractivity contribution in [2.24, 2.45) is 0 Å². The van der Waals surface area contributed by atoms with Crippen molar-refractivity contribution in [3.8, 4) is 0 Å². The van der Waals surface area contributed by atoms with Gasteiger partial charge in [0.1, 0.15) is 0 Å². The van der Waals surface area contributed by atoms with E-state index in [0.717, 1.165) is 33.8 Å². The van der Waals surface area contributed by atoms with Gasteiger partial charge in [0.05, 0.1) is 37.6 Å². The minimum absolute atomic E-state index is 0.0348. The molecule has 0 aliphatic heterocycles. The van der Waals surface area contributed by atoms with E-state index < -0.39 is 0 Å². The van der Waals surface area contributed by atoms with Crippen molar-refractivity contribution in [2.45, 2.75) is 57.8 Å². The fourth-order valence-electron chi connectivity index (χ4n) is 2.27. The van der Waals surface area contributed by atoms with E-state index in [0.29, 0.717) is 0 Å². The Labute approximate surface area is 165 Å². The molecule has 0 fully saturated rings. The molecule has 0 unspecified atom stereocenters. The summed E-state index contributed by atoms with van der Waals surface area (Å²) in [6, 6.07) is 0. The summed E-state index contributed by atoms with van der Waals surface area (Å²) in [6.45, 7) is 1.68. The lowest BCUT2D eigenvalue weighted by Gasteiger charge is -2.23. The first-order valence-corrected chi connectivity index (χ1v) is 10.7. The molecular formula is C19H35Br2N2O+. The first-order valence-electron chi connectivity index (χ1n) is 9.07. The Kier molecular flexibility index (Phi) is 15.1. The highest BCUT2D eigenvalue weighted by Gasteiger charge is 2.06. The Morgan fingerprint density at radius 3 is 2.00 bits per heavy atom. The molecule has 0 heterocycles. The van der Waals surface area contributed by atoms with Gasteiger partial charge < -0.3 is 9.80 Å². The van der Waals surface area contributed by atoms with Gasteiger partial charge in [0.2, 0.25) is 5.91 Å². The van der Waals surface area contributed by atoms with Crippen LogP contribution in [0.1, 0.15) is 57.8 Å². The Morgan fingerprint density at radius 1 is 0.917 bits per heavy atom. The molecule has 3 nitrogen and oxygen atoms in total. The lowest BCUT2D eigenvalue weighted by atomic mass is 10.1. The zero-order valence-electron chi connectivity index (χ0n) is 15.6. The van der Waals surface area contributed by atoms with Crippen LogP contribution in [0.4, 0.5) is 0 Å². The lowest BCUT2D eigenvalue weighted by Crippen LogP contribution is -2.41. The molecule has 1 amide bonds. The molecule has 0 aromatic rings. The van der Waals surface area contributed by atoms with Crippen molar-refractivity contribution in [1.29, 1.82) is 0 Å². The molecule has 0 saturated heterocycles. The molecule has 0 radical (unpaired) electrons. The Hall–Kier alpha value is -0.130. The first-order chi connectivity index (χ1) is 11.3. The SMILES string of the molecule is C[N+](C)(C)CCNC(=O)/C=C/CCCCCCCCCC=C(Br)Br. The fraction of sp³-hybridized carbons (Fsp3) is 0.737. The van der Waals surface area contributed by atoms with E-state index in [4.69, 9.17) is 0 Å². The van der Waals surface area contributed by atoms with Crippen LogP contribution >= 0.6 is 31.9 Å². The molecule has 0 rings (SSSR count). The van der Waals surface area contributed by atoms with Crippen molar-refractivity contribution in [2.75, 3.05) is 34.2 Å². The zero-order chi connectivity index (χ0) is 18.3. The van der Waals surface area contributed by atoms with E-state index in [1.54, 1.807) is 6.08 Å². The number of allylic oxidation sites excluding steroid dienone is 2. The molecule has 0 atom stereocenters. The highest BCUT2D eigenvalue weighted by molar-refractivity contribution is 9.28. The van der Waals surface area contributed by atoms with Crippen LogP contribution in [-0.4, -0.2) is 44.6 Å².